The molecule has 0 saturated heterocycles. The lowest BCUT2D eigenvalue weighted by atomic mass is 9.88. The molecule has 1 aliphatic heterocycles. The van der Waals surface area contributed by atoms with E-state index in [0.717, 1.165) is 25.9 Å². The molecule has 0 bridgehead atoms. The number of methoxy groups -OCH3 is 1. The molecule has 3 nitrogen and oxygen atoms in total. The lowest BCUT2D eigenvalue weighted by Crippen LogP contribution is -2.39. The molecule has 0 saturated carbocycles. The second-order valence-electron chi connectivity index (χ2n) is 6.24. The second kappa shape index (κ2) is 8.00. The fourth-order valence-corrected chi connectivity index (χ4v) is 3.31. The van der Waals surface area contributed by atoms with Crippen molar-refractivity contribution in [2.75, 3.05) is 20.2 Å². The zero-order valence-electron chi connectivity index (χ0n) is 14.5. The molecule has 1 aliphatic rings. The number of hydrogen-bond acceptors (Lipinski definition) is 2. The van der Waals surface area contributed by atoms with E-state index in [1.54, 1.807) is 7.11 Å². The van der Waals surface area contributed by atoms with E-state index in [-0.39, 0.29) is 12.0 Å². The molecule has 2 aromatic rings. The summed E-state index contributed by atoms with van der Waals surface area (Å²) in [6.45, 7) is 4.08. The van der Waals surface area contributed by atoms with E-state index < -0.39 is 0 Å². The molecule has 2 atom stereocenters. The topological polar surface area (TPSA) is 21.5 Å². The Morgan fingerprint density at radius 3 is 2.21 bits per heavy atom. The molecular weight excluding hydrogens is 298 g/mol. The van der Waals surface area contributed by atoms with Gasteiger partial charge in [-0.2, -0.15) is 4.58 Å². The van der Waals surface area contributed by atoms with E-state index in [4.69, 9.17) is 9.47 Å². The second-order valence-corrected chi connectivity index (χ2v) is 6.24. The van der Waals surface area contributed by atoms with Crippen LogP contribution in [0.25, 0.3) is 0 Å². The average Bonchev–Trinajstić information content (AvgIpc) is 2.67. The summed E-state index contributed by atoms with van der Waals surface area (Å²) in [6, 6.07) is 21.1. The maximum atomic E-state index is 6.32. The predicted octanol–water partition coefficient (Wildman–Crippen LogP) is 4.36. The van der Waals surface area contributed by atoms with Crippen molar-refractivity contribution in [1.29, 1.82) is 0 Å². The largest absolute Gasteiger partial charge is 0.549 e. The Hall–Kier alpha value is -2.29. The van der Waals surface area contributed by atoms with Gasteiger partial charge in [-0.25, -0.2) is 0 Å². The Balaban J connectivity index is 1.97. The van der Waals surface area contributed by atoms with Crippen molar-refractivity contribution >= 4 is 6.08 Å². The van der Waals surface area contributed by atoms with Crippen LogP contribution in [0, 0.1) is 0 Å². The van der Waals surface area contributed by atoms with E-state index in [2.05, 4.69) is 66.1 Å². The molecule has 0 N–H and O–H groups in total. The van der Waals surface area contributed by atoms with Gasteiger partial charge in [0.05, 0.1) is 13.0 Å². The third-order valence-electron chi connectivity index (χ3n) is 4.58. The zero-order valence-corrected chi connectivity index (χ0v) is 14.5. The van der Waals surface area contributed by atoms with Crippen molar-refractivity contribution in [2.45, 2.75) is 31.8 Å². The van der Waals surface area contributed by atoms with Crippen LogP contribution in [-0.4, -0.2) is 30.9 Å². The summed E-state index contributed by atoms with van der Waals surface area (Å²) in [5, 5.41) is 0. The molecule has 0 fully saturated rings. The van der Waals surface area contributed by atoms with Crippen molar-refractivity contribution in [3.63, 3.8) is 0 Å². The summed E-state index contributed by atoms with van der Waals surface area (Å²) < 4.78 is 14.1. The Bertz CT molecular complexity index is 667. The lowest BCUT2D eigenvalue weighted by molar-refractivity contribution is -0.561. The summed E-state index contributed by atoms with van der Waals surface area (Å²) in [5.74, 6) is 0.282. The van der Waals surface area contributed by atoms with Crippen molar-refractivity contribution in [3.05, 3.63) is 71.8 Å². The minimum atomic E-state index is -0.0265. The lowest BCUT2D eigenvalue weighted by Gasteiger charge is -2.30. The Kier molecular flexibility index (Phi) is 5.52. The fourth-order valence-electron chi connectivity index (χ4n) is 3.31. The predicted molar refractivity (Wildman–Crippen MR) is 96.4 cm³/mol. The van der Waals surface area contributed by atoms with Gasteiger partial charge < -0.3 is 9.47 Å². The molecule has 3 heteroatoms. The molecule has 24 heavy (non-hydrogen) atoms. The molecule has 126 valence electrons. The van der Waals surface area contributed by atoms with Crippen LogP contribution in [0.5, 0.6) is 0 Å². The number of unbranched alkanes of at least 4 members (excludes halogenated alkanes) is 1. The highest BCUT2D eigenvalue weighted by molar-refractivity contribution is 5.62. The quantitative estimate of drug-likeness (QED) is 0.762. The minimum absolute atomic E-state index is 0.0265. The monoisotopic (exact) mass is 324 g/mol. The number of rotatable bonds is 5. The minimum Gasteiger partial charge on any atom is -0.418 e. The van der Waals surface area contributed by atoms with E-state index in [0.29, 0.717) is 6.08 Å². The van der Waals surface area contributed by atoms with E-state index in [1.165, 1.54) is 11.1 Å². The van der Waals surface area contributed by atoms with Gasteiger partial charge in [0, 0.05) is 6.42 Å². The zero-order chi connectivity index (χ0) is 16.8. The third-order valence-corrected chi connectivity index (χ3v) is 4.58. The molecule has 0 unspecified atom stereocenters. The highest BCUT2D eigenvalue weighted by Crippen LogP contribution is 2.37. The molecular formula is C21H26NO2+. The van der Waals surface area contributed by atoms with Crippen molar-refractivity contribution in [1.82, 2.24) is 0 Å². The Labute approximate surface area is 144 Å². The molecule has 1 heterocycles. The summed E-state index contributed by atoms with van der Waals surface area (Å²) in [4.78, 5) is 0. The van der Waals surface area contributed by atoms with Crippen molar-refractivity contribution < 1.29 is 14.0 Å². The highest BCUT2D eigenvalue weighted by Gasteiger charge is 2.39. The molecule has 2 aromatic carbocycles. The van der Waals surface area contributed by atoms with Gasteiger partial charge in [-0.15, -0.1) is 0 Å². The maximum absolute atomic E-state index is 6.32. The standard InChI is InChI=1S/C21H26NO2/c1-3-4-15-22-16-19(17-11-7-5-8-12-17)20(24-21(22)23-2)18-13-9-6-10-14-18/h5-14,19-20H,3-4,15-16H2,1-2H3/q+1/t19-,20-/m0/s1. The van der Waals surface area contributed by atoms with Gasteiger partial charge in [0.2, 0.25) is 0 Å². The fraction of sp³-hybridized carbons (Fsp3) is 0.381. The number of nitrogens with zero attached hydrogens (tertiary/aromatic N) is 1. The third kappa shape index (κ3) is 3.61. The smallest absolute Gasteiger partial charge is 0.418 e. The van der Waals surface area contributed by atoms with Crippen LogP contribution in [0.15, 0.2) is 60.7 Å². The summed E-state index contributed by atoms with van der Waals surface area (Å²) >= 11 is 0. The van der Waals surface area contributed by atoms with Crippen LogP contribution in [-0.2, 0) is 9.47 Å². The summed E-state index contributed by atoms with van der Waals surface area (Å²) in [7, 11) is 1.69. The first-order valence-electron chi connectivity index (χ1n) is 8.76. The van der Waals surface area contributed by atoms with Gasteiger partial charge in [-0.1, -0.05) is 74.0 Å². The van der Waals surface area contributed by atoms with Gasteiger partial charge in [-0.3, -0.25) is 0 Å². The molecule has 0 radical (unpaired) electrons. The van der Waals surface area contributed by atoms with Crippen molar-refractivity contribution in [2.24, 2.45) is 0 Å². The first kappa shape index (κ1) is 16.6. The maximum Gasteiger partial charge on any atom is 0.549 e. The SMILES string of the molecule is CCCC[N+]1=C(OC)O[C@@H](c2ccccc2)[C@H](c2ccccc2)C1. The van der Waals surface area contributed by atoms with Gasteiger partial charge in [-0.05, 0) is 11.1 Å². The van der Waals surface area contributed by atoms with Crippen LogP contribution in [0.3, 0.4) is 0 Å². The summed E-state index contributed by atoms with van der Waals surface area (Å²) in [6.07, 6.45) is 2.91. The molecule has 0 aliphatic carbocycles. The summed E-state index contributed by atoms with van der Waals surface area (Å²) in [5.41, 5.74) is 2.50. The number of benzene rings is 2. The molecule has 0 aromatic heterocycles. The van der Waals surface area contributed by atoms with Crippen molar-refractivity contribution in [3.8, 4) is 0 Å². The van der Waals surface area contributed by atoms with E-state index in [9.17, 15) is 0 Å². The average molecular weight is 324 g/mol. The van der Waals surface area contributed by atoms with E-state index >= 15 is 0 Å². The normalized spacial score (nSPS) is 20.6. The number of hydrogen-bond donors (Lipinski definition) is 0. The Morgan fingerprint density at radius 2 is 1.62 bits per heavy atom. The van der Waals surface area contributed by atoms with E-state index in [1.807, 2.05) is 6.07 Å². The molecule has 0 spiro atoms. The Morgan fingerprint density at radius 1 is 1.00 bits per heavy atom. The first-order valence-corrected chi connectivity index (χ1v) is 8.76. The van der Waals surface area contributed by atoms with Crippen LogP contribution < -0.4 is 0 Å². The van der Waals surface area contributed by atoms with Gasteiger partial charge in [0.25, 0.3) is 0 Å². The first-order chi connectivity index (χ1) is 11.8. The van der Waals surface area contributed by atoms with Crippen LogP contribution in [0.2, 0.25) is 0 Å². The van der Waals surface area contributed by atoms with Gasteiger partial charge in [0.1, 0.15) is 12.6 Å². The van der Waals surface area contributed by atoms with Gasteiger partial charge in [0.15, 0.2) is 6.54 Å². The van der Waals surface area contributed by atoms with Gasteiger partial charge >= 0.3 is 6.08 Å². The molecule has 3 rings (SSSR count). The number of ether oxygens (including phenoxy) is 2. The van der Waals surface area contributed by atoms with Crippen LogP contribution in [0.1, 0.15) is 42.9 Å². The van der Waals surface area contributed by atoms with Crippen LogP contribution in [0.4, 0.5) is 0 Å². The highest BCUT2D eigenvalue weighted by atomic mass is 16.7. The van der Waals surface area contributed by atoms with Crippen LogP contribution >= 0.6 is 0 Å². The molecule has 0 amide bonds.